The van der Waals surface area contributed by atoms with E-state index in [4.69, 9.17) is 9.47 Å². The van der Waals surface area contributed by atoms with Gasteiger partial charge in [-0.2, -0.15) is 0 Å². The van der Waals surface area contributed by atoms with Crippen molar-refractivity contribution in [2.24, 2.45) is 0 Å². The minimum Gasteiger partial charge on any atom is -0.490 e. The fourth-order valence-corrected chi connectivity index (χ4v) is 4.35. The zero-order valence-corrected chi connectivity index (χ0v) is 14.6. The first-order valence-electron chi connectivity index (χ1n) is 8.48. The van der Waals surface area contributed by atoms with Crippen molar-refractivity contribution in [3.05, 3.63) is 45.6 Å². The van der Waals surface area contributed by atoms with Crippen LogP contribution in [0.15, 0.2) is 29.6 Å². The molecule has 2 aliphatic heterocycles. The number of nitrogens with zero attached hydrogens (tertiary/aromatic N) is 1. The van der Waals surface area contributed by atoms with Gasteiger partial charge in [-0.3, -0.25) is 4.79 Å². The number of carbonyl (C=O) groups excluding carboxylic acids is 1. The van der Waals surface area contributed by atoms with Crippen molar-refractivity contribution in [1.82, 2.24) is 4.90 Å². The number of carbonyl (C=O) groups is 1. The maximum absolute atomic E-state index is 12.9. The smallest absolute Gasteiger partial charge is 0.264 e. The average molecular weight is 343 g/mol. The summed E-state index contributed by atoms with van der Waals surface area (Å²) < 4.78 is 11.5. The van der Waals surface area contributed by atoms with E-state index < -0.39 is 0 Å². The standard InChI is InChI=1S/C19H21NO3S/c1-13-7-11-24-18(13)19(21)20-8-2-4-15(20)14-5-6-16-17(12-14)23-10-3-9-22-16/h5-7,11-12,15H,2-4,8-10H2,1H3. The Bertz CT molecular complexity index is 755. The van der Waals surface area contributed by atoms with Crippen LogP contribution in [0.5, 0.6) is 11.5 Å². The number of ether oxygens (including phenoxy) is 2. The van der Waals surface area contributed by atoms with E-state index in [1.54, 1.807) is 0 Å². The number of hydrogen-bond acceptors (Lipinski definition) is 4. The van der Waals surface area contributed by atoms with Crippen molar-refractivity contribution in [2.75, 3.05) is 19.8 Å². The molecule has 0 radical (unpaired) electrons. The first kappa shape index (κ1) is 15.5. The summed E-state index contributed by atoms with van der Waals surface area (Å²) in [5.41, 5.74) is 2.20. The number of thiophene rings is 1. The molecule has 24 heavy (non-hydrogen) atoms. The largest absolute Gasteiger partial charge is 0.490 e. The van der Waals surface area contributed by atoms with Crippen molar-refractivity contribution in [2.45, 2.75) is 32.2 Å². The molecule has 1 aromatic heterocycles. The minimum absolute atomic E-state index is 0.121. The van der Waals surface area contributed by atoms with Crippen molar-refractivity contribution in [1.29, 1.82) is 0 Å². The van der Waals surface area contributed by atoms with Crippen LogP contribution in [0.1, 0.15) is 46.1 Å². The van der Waals surface area contributed by atoms with Gasteiger partial charge in [0, 0.05) is 13.0 Å². The number of rotatable bonds is 2. The molecule has 2 aromatic rings. The second kappa shape index (κ2) is 6.48. The number of likely N-dealkylation sites (tertiary alicyclic amines) is 1. The van der Waals surface area contributed by atoms with Gasteiger partial charge in [0.05, 0.1) is 24.1 Å². The first-order valence-corrected chi connectivity index (χ1v) is 9.36. The summed E-state index contributed by atoms with van der Waals surface area (Å²) >= 11 is 1.53. The lowest BCUT2D eigenvalue weighted by molar-refractivity contribution is 0.0739. The maximum atomic E-state index is 12.9. The molecule has 1 fully saturated rings. The lowest BCUT2D eigenvalue weighted by Gasteiger charge is -2.25. The summed E-state index contributed by atoms with van der Waals surface area (Å²) in [6.07, 6.45) is 2.93. The topological polar surface area (TPSA) is 38.8 Å². The summed E-state index contributed by atoms with van der Waals surface area (Å²) in [4.78, 5) is 15.8. The molecule has 0 N–H and O–H groups in total. The fourth-order valence-electron chi connectivity index (χ4n) is 3.47. The zero-order valence-electron chi connectivity index (χ0n) is 13.8. The summed E-state index contributed by atoms with van der Waals surface area (Å²) in [7, 11) is 0. The number of aryl methyl sites for hydroxylation is 1. The third-order valence-electron chi connectivity index (χ3n) is 4.73. The Hall–Kier alpha value is -2.01. The van der Waals surface area contributed by atoms with Gasteiger partial charge in [-0.05, 0) is 54.5 Å². The Labute approximate surface area is 146 Å². The highest BCUT2D eigenvalue weighted by atomic mass is 32.1. The molecule has 0 aliphatic carbocycles. The minimum atomic E-state index is 0.121. The highest BCUT2D eigenvalue weighted by Crippen LogP contribution is 2.39. The van der Waals surface area contributed by atoms with E-state index in [2.05, 4.69) is 12.1 Å². The first-order chi connectivity index (χ1) is 11.7. The fraction of sp³-hybridized carbons (Fsp3) is 0.421. The molecule has 4 rings (SSSR count). The molecule has 126 valence electrons. The summed E-state index contributed by atoms with van der Waals surface area (Å²) in [6.45, 7) is 4.19. The Morgan fingerprint density at radius 2 is 2.00 bits per heavy atom. The number of benzene rings is 1. The molecular weight excluding hydrogens is 322 g/mol. The predicted octanol–water partition coefficient (Wildman–Crippen LogP) is 4.20. The van der Waals surface area contributed by atoms with Crippen LogP contribution in [0, 0.1) is 6.92 Å². The van der Waals surface area contributed by atoms with E-state index in [1.807, 2.05) is 29.3 Å². The molecule has 3 heterocycles. The molecule has 0 spiro atoms. The van der Waals surface area contributed by atoms with Crippen LogP contribution in [0.3, 0.4) is 0 Å². The summed E-state index contributed by atoms with van der Waals surface area (Å²) in [5, 5.41) is 1.99. The van der Waals surface area contributed by atoms with Crippen molar-refractivity contribution >= 4 is 17.2 Å². The van der Waals surface area contributed by atoms with E-state index in [0.717, 1.165) is 53.3 Å². The Morgan fingerprint density at radius 3 is 2.79 bits per heavy atom. The molecule has 5 heteroatoms. The van der Waals surface area contributed by atoms with Crippen molar-refractivity contribution < 1.29 is 14.3 Å². The summed E-state index contributed by atoms with van der Waals surface area (Å²) in [6, 6.07) is 8.24. The van der Waals surface area contributed by atoms with Gasteiger partial charge in [0.2, 0.25) is 0 Å². The van der Waals surface area contributed by atoms with Crippen LogP contribution in [0.25, 0.3) is 0 Å². The normalized spacial score (nSPS) is 20.0. The second-order valence-electron chi connectivity index (χ2n) is 6.35. The lowest BCUT2D eigenvalue weighted by Crippen LogP contribution is -2.30. The van der Waals surface area contributed by atoms with Crippen LogP contribution < -0.4 is 9.47 Å². The lowest BCUT2D eigenvalue weighted by atomic mass is 10.0. The van der Waals surface area contributed by atoms with E-state index in [9.17, 15) is 4.79 Å². The van der Waals surface area contributed by atoms with Crippen LogP contribution in [0.2, 0.25) is 0 Å². The SMILES string of the molecule is Cc1ccsc1C(=O)N1CCCC1c1ccc2c(c1)OCCCO2. The van der Waals surface area contributed by atoms with Gasteiger partial charge < -0.3 is 14.4 Å². The van der Waals surface area contributed by atoms with Gasteiger partial charge in [0.25, 0.3) is 5.91 Å². The van der Waals surface area contributed by atoms with Gasteiger partial charge in [-0.25, -0.2) is 0 Å². The Kier molecular flexibility index (Phi) is 4.19. The predicted molar refractivity (Wildman–Crippen MR) is 94.1 cm³/mol. The van der Waals surface area contributed by atoms with Crippen LogP contribution >= 0.6 is 11.3 Å². The Balaban J connectivity index is 1.62. The maximum Gasteiger partial charge on any atom is 0.264 e. The van der Waals surface area contributed by atoms with E-state index in [1.165, 1.54) is 11.3 Å². The van der Waals surface area contributed by atoms with E-state index in [0.29, 0.717) is 13.2 Å². The van der Waals surface area contributed by atoms with Crippen LogP contribution in [-0.2, 0) is 0 Å². The van der Waals surface area contributed by atoms with Gasteiger partial charge in [-0.15, -0.1) is 11.3 Å². The van der Waals surface area contributed by atoms with Crippen molar-refractivity contribution in [3.63, 3.8) is 0 Å². The molecule has 4 nitrogen and oxygen atoms in total. The molecular formula is C19H21NO3S. The molecule has 1 unspecified atom stereocenters. The average Bonchev–Trinajstić information content (AvgIpc) is 3.18. The van der Waals surface area contributed by atoms with Gasteiger partial charge >= 0.3 is 0 Å². The molecule has 2 aliphatic rings. The third-order valence-corrected chi connectivity index (χ3v) is 5.73. The van der Waals surface area contributed by atoms with Crippen LogP contribution in [-0.4, -0.2) is 30.6 Å². The zero-order chi connectivity index (χ0) is 16.5. The molecule has 1 aromatic carbocycles. The molecule has 1 amide bonds. The van der Waals surface area contributed by atoms with Crippen LogP contribution in [0.4, 0.5) is 0 Å². The number of hydrogen-bond donors (Lipinski definition) is 0. The highest BCUT2D eigenvalue weighted by Gasteiger charge is 2.32. The number of amides is 1. The third kappa shape index (κ3) is 2.77. The second-order valence-corrected chi connectivity index (χ2v) is 7.26. The molecule has 0 saturated carbocycles. The summed E-state index contributed by atoms with van der Waals surface area (Å²) in [5.74, 6) is 1.76. The van der Waals surface area contributed by atoms with Gasteiger partial charge in [0.1, 0.15) is 0 Å². The van der Waals surface area contributed by atoms with E-state index >= 15 is 0 Å². The van der Waals surface area contributed by atoms with E-state index in [-0.39, 0.29) is 11.9 Å². The monoisotopic (exact) mass is 343 g/mol. The van der Waals surface area contributed by atoms with Gasteiger partial charge in [0.15, 0.2) is 11.5 Å². The molecule has 1 atom stereocenters. The molecule has 1 saturated heterocycles. The number of fused-ring (bicyclic) bond motifs is 1. The highest BCUT2D eigenvalue weighted by molar-refractivity contribution is 7.12. The molecule has 0 bridgehead atoms. The van der Waals surface area contributed by atoms with Gasteiger partial charge in [-0.1, -0.05) is 6.07 Å². The quantitative estimate of drug-likeness (QED) is 0.820. The Morgan fingerprint density at radius 1 is 1.17 bits per heavy atom. The van der Waals surface area contributed by atoms with Crippen molar-refractivity contribution in [3.8, 4) is 11.5 Å².